The molecule has 3 unspecified atom stereocenters. The molecule has 2 amide bonds. The van der Waals surface area contributed by atoms with Crippen LogP contribution in [0.4, 0.5) is 0 Å². The van der Waals surface area contributed by atoms with Gasteiger partial charge in [0.2, 0.25) is 11.8 Å². The summed E-state index contributed by atoms with van der Waals surface area (Å²) in [7, 11) is 0. The number of fused-ring (bicyclic) bond motifs is 1. The van der Waals surface area contributed by atoms with E-state index < -0.39 is 0 Å². The summed E-state index contributed by atoms with van der Waals surface area (Å²) < 4.78 is 0. The third kappa shape index (κ3) is 1.87. The predicted octanol–water partition coefficient (Wildman–Crippen LogP) is 2.03. The average molecular weight is 278 g/mol. The number of hydrogen-bond acceptors (Lipinski definition) is 3. The highest BCUT2D eigenvalue weighted by Crippen LogP contribution is 2.33. The number of nitrogens with zero attached hydrogens (tertiary/aromatic N) is 2. The van der Waals surface area contributed by atoms with Gasteiger partial charge in [-0.25, -0.2) is 0 Å². The monoisotopic (exact) mass is 278 g/mol. The molecule has 0 N–H and O–H groups in total. The zero-order valence-corrected chi connectivity index (χ0v) is 12.0. The van der Waals surface area contributed by atoms with Crippen LogP contribution in [0.15, 0.2) is 16.8 Å². The molecule has 19 heavy (non-hydrogen) atoms. The minimum atomic E-state index is -0.350. The molecule has 0 aromatic carbocycles. The van der Waals surface area contributed by atoms with Crippen molar-refractivity contribution in [3.8, 4) is 0 Å². The van der Waals surface area contributed by atoms with Crippen molar-refractivity contribution in [3.05, 3.63) is 22.4 Å². The van der Waals surface area contributed by atoms with Gasteiger partial charge in [0, 0.05) is 6.54 Å². The van der Waals surface area contributed by atoms with Crippen LogP contribution >= 0.6 is 11.3 Å². The molecular formula is C14H18N2O2S. The van der Waals surface area contributed by atoms with E-state index in [9.17, 15) is 9.59 Å². The zero-order chi connectivity index (χ0) is 13.6. The van der Waals surface area contributed by atoms with Gasteiger partial charge in [0.05, 0.1) is 6.04 Å². The quantitative estimate of drug-likeness (QED) is 0.830. The van der Waals surface area contributed by atoms with Gasteiger partial charge >= 0.3 is 0 Å². The predicted molar refractivity (Wildman–Crippen MR) is 73.8 cm³/mol. The molecular weight excluding hydrogens is 260 g/mol. The summed E-state index contributed by atoms with van der Waals surface area (Å²) in [5.74, 6) is 0.215. The molecule has 3 atom stereocenters. The number of hydrogen-bond donors (Lipinski definition) is 0. The number of carbonyl (C=O) groups excluding carboxylic acids is 2. The molecule has 0 bridgehead atoms. The summed E-state index contributed by atoms with van der Waals surface area (Å²) in [5, 5.41) is 4.06. The molecule has 2 fully saturated rings. The van der Waals surface area contributed by atoms with Crippen molar-refractivity contribution in [2.24, 2.45) is 0 Å². The Kier molecular flexibility index (Phi) is 3.09. The van der Waals surface area contributed by atoms with Gasteiger partial charge < -0.3 is 9.80 Å². The Balaban J connectivity index is 1.92. The summed E-state index contributed by atoms with van der Waals surface area (Å²) in [5.41, 5.74) is 1.12. The van der Waals surface area contributed by atoms with Crippen molar-refractivity contribution < 1.29 is 9.59 Å². The Labute approximate surface area is 117 Å². The van der Waals surface area contributed by atoms with E-state index in [0.29, 0.717) is 0 Å². The number of piperazine rings is 1. The largest absolute Gasteiger partial charge is 0.329 e. The standard InChI is InChI=1S/C14H18N2O2S/c1-9(11-5-7-19-8-11)16-10(2)13(17)15-6-3-4-12(15)14(16)18/h5,7-10,12H,3-4,6H2,1-2H3. The normalized spacial score (nSPS) is 28.7. The Bertz CT molecular complexity index is 500. The SMILES string of the molecule is CC1C(=O)N2CCCC2C(=O)N1C(C)c1ccsc1. The molecule has 2 aliphatic heterocycles. The second-order valence-electron chi connectivity index (χ2n) is 5.34. The van der Waals surface area contributed by atoms with Crippen molar-refractivity contribution in [1.29, 1.82) is 0 Å². The van der Waals surface area contributed by atoms with Crippen LogP contribution in [0.2, 0.25) is 0 Å². The second kappa shape index (κ2) is 4.63. The van der Waals surface area contributed by atoms with Gasteiger partial charge in [-0.3, -0.25) is 9.59 Å². The van der Waals surface area contributed by atoms with Crippen LogP contribution in [-0.2, 0) is 9.59 Å². The Morgan fingerprint density at radius 1 is 1.37 bits per heavy atom. The summed E-state index contributed by atoms with van der Waals surface area (Å²) in [6.45, 7) is 4.59. The van der Waals surface area contributed by atoms with E-state index in [-0.39, 0.29) is 29.9 Å². The molecule has 2 saturated heterocycles. The Morgan fingerprint density at radius 3 is 2.84 bits per heavy atom. The summed E-state index contributed by atoms with van der Waals surface area (Å²) >= 11 is 1.62. The first-order valence-corrected chi connectivity index (χ1v) is 7.70. The molecule has 0 radical (unpaired) electrons. The lowest BCUT2D eigenvalue weighted by molar-refractivity contribution is -0.161. The van der Waals surface area contributed by atoms with Crippen LogP contribution in [0.25, 0.3) is 0 Å². The van der Waals surface area contributed by atoms with Crippen LogP contribution in [0.5, 0.6) is 0 Å². The maximum absolute atomic E-state index is 12.6. The fraction of sp³-hybridized carbons (Fsp3) is 0.571. The van der Waals surface area contributed by atoms with E-state index in [1.807, 2.05) is 25.3 Å². The second-order valence-corrected chi connectivity index (χ2v) is 6.12. The Morgan fingerprint density at radius 2 is 2.16 bits per heavy atom. The zero-order valence-electron chi connectivity index (χ0n) is 11.2. The first-order valence-electron chi connectivity index (χ1n) is 6.76. The lowest BCUT2D eigenvalue weighted by Gasteiger charge is -2.43. The fourth-order valence-corrected chi connectivity index (χ4v) is 3.96. The number of rotatable bonds is 2. The Hall–Kier alpha value is -1.36. The van der Waals surface area contributed by atoms with Crippen molar-refractivity contribution in [2.45, 2.75) is 44.8 Å². The average Bonchev–Trinajstić information content (AvgIpc) is 3.07. The number of thiophene rings is 1. The van der Waals surface area contributed by atoms with Crippen LogP contribution < -0.4 is 0 Å². The van der Waals surface area contributed by atoms with Crippen molar-refractivity contribution in [2.75, 3.05) is 6.54 Å². The van der Waals surface area contributed by atoms with E-state index in [1.54, 1.807) is 21.1 Å². The molecule has 3 heterocycles. The van der Waals surface area contributed by atoms with Crippen molar-refractivity contribution >= 4 is 23.2 Å². The summed E-state index contributed by atoms with van der Waals surface area (Å²) in [6, 6.07) is 1.43. The number of amides is 2. The third-order valence-electron chi connectivity index (χ3n) is 4.29. The summed E-state index contributed by atoms with van der Waals surface area (Å²) in [4.78, 5) is 28.5. The topological polar surface area (TPSA) is 40.6 Å². The third-order valence-corrected chi connectivity index (χ3v) is 4.99. The minimum Gasteiger partial charge on any atom is -0.329 e. The molecule has 5 heteroatoms. The molecule has 0 spiro atoms. The molecule has 4 nitrogen and oxygen atoms in total. The lowest BCUT2D eigenvalue weighted by Crippen LogP contribution is -2.62. The van der Waals surface area contributed by atoms with Gasteiger partial charge in [-0.2, -0.15) is 11.3 Å². The molecule has 0 saturated carbocycles. The van der Waals surface area contributed by atoms with Crippen molar-refractivity contribution in [3.63, 3.8) is 0 Å². The van der Waals surface area contributed by atoms with E-state index >= 15 is 0 Å². The smallest absolute Gasteiger partial charge is 0.246 e. The summed E-state index contributed by atoms with van der Waals surface area (Å²) in [6.07, 6.45) is 1.75. The van der Waals surface area contributed by atoms with E-state index in [0.717, 1.165) is 24.9 Å². The molecule has 1 aromatic rings. The lowest BCUT2D eigenvalue weighted by atomic mass is 10.0. The fourth-order valence-electron chi connectivity index (χ4n) is 3.21. The highest BCUT2D eigenvalue weighted by atomic mass is 32.1. The first kappa shape index (κ1) is 12.7. The van der Waals surface area contributed by atoms with E-state index in [2.05, 4.69) is 5.38 Å². The van der Waals surface area contributed by atoms with Crippen LogP contribution in [0.1, 0.15) is 38.3 Å². The van der Waals surface area contributed by atoms with Crippen LogP contribution in [0, 0.1) is 0 Å². The van der Waals surface area contributed by atoms with Gasteiger partial charge in [-0.1, -0.05) is 0 Å². The van der Waals surface area contributed by atoms with Gasteiger partial charge in [0.15, 0.2) is 0 Å². The molecule has 1 aromatic heterocycles. The molecule has 3 rings (SSSR count). The molecule has 2 aliphatic rings. The first-order chi connectivity index (χ1) is 9.11. The molecule has 0 aliphatic carbocycles. The van der Waals surface area contributed by atoms with Gasteiger partial charge in [-0.15, -0.1) is 0 Å². The van der Waals surface area contributed by atoms with Gasteiger partial charge in [0.1, 0.15) is 12.1 Å². The van der Waals surface area contributed by atoms with E-state index in [4.69, 9.17) is 0 Å². The number of carbonyl (C=O) groups is 2. The highest BCUT2D eigenvalue weighted by Gasteiger charge is 2.47. The highest BCUT2D eigenvalue weighted by molar-refractivity contribution is 7.07. The van der Waals surface area contributed by atoms with E-state index in [1.165, 1.54) is 0 Å². The maximum Gasteiger partial charge on any atom is 0.246 e. The molecule has 102 valence electrons. The van der Waals surface area contributed by atoms with Crippen molar-refractivity contribution in [1.82, 2.24) is 9.80 Å². The maximum atomic E-state index is 12.6. The van der Waals surface area contributed by atoms with Gasteiger partial charge in [-0.05, 0) is 49.1 Å². The van der Waals surface area contributed by atoms with Crippen LogP contribution in [-0.4, -0.2) is 40.2 Å². The minimum absolute atomic E-state index is 0.0274. The van der Waals surface area contributed by atoms with Gasteiger partial charge in [0.25, 0.3) is 0 Å². The van der Waals surface area contributed by atoms with Crippen LogP contribution in [0.3, 0.4) is 0 Å².